The van der Waals surface area contributed by atoms with E-state index >= 15 is 0 Å². The quantitative estimate of drug-likeness (QED) is 0.128. The van der Waals surface area contributed by atoms with E-state index in [2.05, 4.69) is 159 Å². The second kappa shape index (κ2) is 14.9. The Kier molecular flexibility index (Phi) is 8.78. The van der Waals surface area contributed by atoms with Crippen molar-refractivity contribution in [3.8, 4) is 34.0 Å². The van der Waals surface area contributed by atoms with Crippen LogP contribution in [0.2, 0.25) is 0 Å². The lowest BCUT2D eigenvalue weighted by Gasteiger charge is -2.44. The third-order valence-electron chi connectivity index (χ3n) is 13.0. The van der Waals surface area contributed by atoms with Crippen LogP contribution in [-0.4, -0.2) is 11.3 Å². The number of para-hydroxylation sites is 5. The van der Waals surface area contributed by atoms with Crippen molar-refractivity contribution in [2.45, 2.75) is 6.18 Å². The summed E-state index contributed by atoms with van der Waals surface area (Å²) in [5, 5.41) is 11.9. The Balaban J connectivity index is 1.11. The van der Waals surface area contributed by atoms with E-state index in [0.717, 1.165) is 79.2 Å². The fraction of sp³-hybridized carbons (Fsp3) is 0.0175. The Morgan fingerprint density at radius 1 is 0.500 bits per heavy atom. The predicted octanol–water partition coefficient (Wildman–Crippen LogP) is 13.6. The molecular weight excluding hydrogens is 822 g/mol. The number of nitrogens with zero attached hydrogens (tertiary/aromatic N) is 5. The maximum atomic E-state index is 13.9. The minimum absolute atomic E-state index is 0.0218. The highest BCUT2D eigenvalue weighted by molar-refractivity contribution is 7.00. The molecule has 2 aliphatic heterocycles. The van der Waals surface area contributed by atoms with Gasteiger partial charge >= 0.3 is 6.18 Å². The number of nitriles is 1. The van der Waals surface area contributed by atoms with E-state index in [0.29, 0.717) is 22.4 Å². The van der Waals surface area contributed by atoms with Crippen molar-refractivity contribution in [3.63, 3.8) is 0 Å². The molecule has 3 heterocycles. The normalized spacial score (nSPS) is 12.7. The molecule has 0 saturated carbocycles. The van der Waals surface area contributed by atoms with Gasteiger partial charge in [-0.15, -0.1) is 0 Å². The summed E-state index contributed by atoms with van der Waals surface area (Å²) in [5.74, 6) is 0. The lowest BCUT2D eigenvalue weighted by atomic mass is 9.33. The second-order valence-corrected chi connectivity index (χ2v) is 16.6. The summed E-state index contributed by atoms with van der Waals surface area (Å²) in [7, 11) is 0. The molecule has 310 valence electrons. The van der Waals surface area contributed by atoms with E-state index in [9.17, 15) is 18.4 Å². The molecule has 0 unspecified atom stereocenters. The van der Waals surface area contributed by atoms with Gasteiger partial charge in [0.25, 0.3) is 6.71 Å². The number of fused-ring (bicyclic) bond motifs is 7. The molecule has 2 aliphatic rings. The van der Waals surface area contributed by atoms with E-state index in [4.69, 9.17) is 6.57 Å². The van der Waals surface area contributed by atoms with Crippen molar-refractivity contribution < 1.29 is 13.2 Å². The van der Waals surface area contributed by atoms with Gasteiger partial charge in [0.15, 0.2) is 5.69 Å². The van der Waals surface area contributed by atoms with Crippen LogP contribution in [0.3, 0.4) is 0 Å². The fourth-order valence-electron chi connectivity index (χ4n) is 10.2. The van der Waals surface area contributed by atoms with Gasteiger partial charge in [-0.05, 0) is 130 Å². The first-order valence-corrected chi connectivity index (χ1v) is 21.5. The van der Waals surface area contributed by atoms with E-state index in [1.165, 1.54) is 22.5 Å². The minimum atomic E-state index is -4.62. The number of hydrogen-bond donors (Lipinski definition) is 0. The molecule has 0 radical (unpaired) electrons. The number of anilines is 6. The molecule has 9 heteroatoms. The lowest BCUT2D eigenvalue weighted by molar-refractivity contribution is -0.137. The summed E-state index contributed by atoms with van der Waals surface area (Å²) in [6.07, 6.45) is -4.62. The molecule has 10 aromatic rings. The number of rotatable bonds is 5. The second-order valence-electron chi connectivity index (χ2n) is 16.6. The number of hydrogen-bond acceptors (Lipinski definition) is 3. The highest BCUT2D eigenvalue weighted by Gasteiger charge is 2.43. The van der Waals surface area contributed by atoms with Gasteiger partial charge in [-0.3, -0.25) is 0 Å². The molecule has 1 aromatic heterocycles. The van der Waals surface area contributed by atoms with Gasteiger partial charge < -0.3 is 14.4 Å². The van der Waals surface area contributed by atoms with Crippen molar-refractivity contribution in [2.75, 3.05) is 9.80 Å². The molecule has 0 fully saturated rings. The van der Waals surface area contributed by atoms with Gasteiger partial charge in [-0.2, -0.15) is 18.4 Å². The first-order chi connectivity index (χ1) is 32.3. The Morgan fingerprint density at radius 3 is 1.71 bits per heavy atom. The van der Waals surface area contributed by atoms with Crippen LogP contribution in [0.5, 0.6) is 0 Å². The highest BCUT2D eigenvalue weighted by Crippen LogP contribution is 2.47. The average Bonchev–Trinajstić information content (AvgIpc) is 3.69. The van der Waals surface area contributed by atoms with Crippen LogP contribution >= 0.6 is 0 Å². The predicted molar refractivity (Wildman–Crippen MR) is 262 cm³/mol. The fourth-order valence-corrected chi connectivity index (χ4v) is 10.2. The summed E-state index contributed by atoms with van der Waals surface area (Å²) >= 11 is 0. The largest absolute Gasteiger partial charge is 0.415 e. The SMILES string of the molecule is [C-]#[N+]c1cc(C(F)(F)F)ccc1-c1cc(C#N)ccc1-n1c2ccccc2c2cc(-c3cc4c5c(c3)N(c3ccccc3)c3ccccc3B5c3ccccc3N4c3ccccc3)ccc21. The standard InChI is InChI=1S/C57H33BF3N5/c1-63-48-34-39(57(59,60)61)26-27-42(48)44-30-36(35-62)24-28-50(44)66-49-21-11-8-18-43(49)45-31-37(25-29-51(45)66)38-32-54-56-55(33-38)65(41-16-6-3-7-17-41)53-23-13-10-20-47(53)58(56)46-19-9-12-22-52(46)64(54)40-14-4-2-5-15-40/h2-34H. The van der Waals surface area contributed by atoms with Crippen LogP contribution < -0.4 is 26.2 Å². The number of alkyl halides is 3. The minimum Gasteiger partial charge on any atom is -0.311 e. The smallest absolute Gasteiger partial charge is 0.311 e. The molecule has 9 aromatic carbocycles. The van der Waals surface area contributed by atoms with E-state index in [1.807, 2.05) is 36.4 Å². The summed E-state index contributed by atoms with van der Waals surface area (Å²) in [4.78, 5) is 8.33. The molecule has 0 atom stereocenters. The zero-order valence-electron chi connectivity index (χ0n) is 35.0. The summed E-state index contributed by atoms with van der Waals surface area (Å²) < 4.78 is 43.7. The van der Waals surface area contributed by atoms with E-state index < -0.39 is 11.7 Å². The van der Waals surface area contributed by atoms with Crippen molar-refractivity contribution in [3.05, 3.63) is 223 Å². The highest BCUT2D eigenvalue weighted by atomic mass is 19.4. The number of benzene rings is 9. The van der Waals surface area contributed by atoms with Crippen LogP contribution in [0, 0.1) is 17.9 Å². The van der Waals surface area contributed by atoms with Crippen LogP contribution in [0.25, 0.3) is 54.6 Å². The van der Waals surface area contributed by atoms with Crippen LogP contribution in [-0.2, 0) is 6.18 Å². The van der Waals surface area contributed by atoms with Crippen molar-refractivity contribution in [2.24, 2.45) is 0 Å². The molecule has 0 bridgehead atoms. The molecule has 0 spiro atoms. The third kappa shape index (κ3) is 5.95. The Bertz CT molecular complexity index is 3590. The van der Waals surface area contributed by atoms with Crippen LogP contribution in [0.4, 0.5) is 53.0 Å². The summed E-state index contributed by atoms with van der Waals surface area (Å²) in [5.41, 5.74) is 14.7. The van der Waals surface area contributed by atoms with E-state index in [-0.39, 0.29) is 12.4 Å². The van der Waals surface area contributed by atoms with Crippen LogP contribution in [0.15, 0.2) is 200 Å². The number of aromatic nitrogens is 1. The van der Waals surface area contributed by atoms with Gasteiger partial charge in [-0.25, -0.2) is 4.85 Å². The van der Waals surface area contributed by atoms with Crippen LogP contribution in [0.1, 0.15) is 11.1 Å². The number of halogens is 3. The van der Waals surface area contributed by atoms with E-state index in [1.54, 1.807) is 12.1 Å². The molecule has 0 aliphatic carbocycles. The average molecular weight is 856 g/mol. The third-order valence-corrected chi connectivity index (χ3v) is 13.0. The molecule has 5 nitrogen and oxygen atoms in total. The molecule has 0 N–H and O–H groups in total. The van der Waals surface area contributed by atoms with Gasteiger partial charge in [0.2, 0.25) is 0 Å². The van der Waals surface area contributed by atoms with Gasteiger partial charge in [-0.1, -0.05) is 109 Å². The maximum absolute atomic E-state index is 13.9. The molecule has 0 amide bonds. The first kappa shape index (κ1) is 38.9. The van der Waals surface area contributed by atoms with Crippen molar-refractivity contribution in [1.29, 1.82) is 5.26 Å². The van der Waals surface area contributed by atoms with Gasteiger partial charge in [0.05, 0.1) is 34.9 Å². The Morgan fingerprint density at radius 2 is 1.09 bits per heavy atom. The lowest BCUT2D eigenvalue weighted by Crippen LogP contribution is -2.61. The topological polar surface area (TPSA) is 39.6 Å². The molecule has 66 heavy (non-hydrogen) atoms. The van der Waals surface area contributed by atoms with Gasteiger partial charge in [0, 0.05) is 50.5 Å². The maximum Gasteiger partial charge on any atom is 0.415 e. The Hall–Kier alpha value is -8.79. The first-order valence-electron chi connectivity index (χ1n) is 21.5. The summed E-state index contributed by atoms with van der Waals surface area (Å²) in [6, 6.07) is 68.2. The molecule has 0 saturated heterocycles. The molecular formula is C57H33BF3N5. The Labute approximate surface area is 379 Å². The zero-order chi connectivity index (χ0) is 44.7. The monoisotopic (exact) mass is 855 g/mol. The van der Waals surface area contributed by atoms with Crippen molar-refractivity contribution in [1.82, 2.24) is 4.57 Å². The van der Waals surface area contributed by atoms with Gasteiger partial charge in [0.1, 0.15) is 0 Å². The van der Waals surface area contributed by atoms with Crippen molar-refractivity contribution >= 4 is 84.7 Å². The summed E-state index contributed by atoms with van der Waals surface area (Å²) in [6.45, 7) is 7.90. The zero-order valence-corrected chi connectivity index (χ0v) is 35.0. The molecule has 12 rings (SSSR count).